The molecule has 25 heteroatoms. The normalized spacial score (nSPS) is 15.9. The molecule has 0 spiro atoms. The Hall–Kier alpha value is -7.25. The van der Waals surface area contributed by atoms with E-state index in [0.717, 1.165) is 54.9 Å². The molecule has 3 saturated heterocycles. The van der Waals surface area contributed by atoms with Crippen LogP contribution in [0.1, 0.15) is 53.6 Å². The SMILES string of the molecule is COC1(Cc2ccc(NC(=O)c3ccc(Cl)nc3)cc2)CNC1.O=C(Nc1ccc(CC2(F)CNC2)cc1)c1cnc(C(F)(F)F)cn1.O=C(Nc1ccc(CC2(F)CNC2)cc1)c1cnc(OCC(F)(F)F)nc1. The van der Waals surface area contributed by atoms with Crippen molar-refractivity contribution in [3.63, 3.8) is 0 Å². The molecule has 6 aromatic rings. The first-order chi connectivity index (χ1) is 35.6. The minimum absolute atomic E-state index is 0.0571. The van der Waals surface area contributed by atoms with Crippen LogP contribution in [-0.4, -0.2) is 119 Å². The van der Waals surface area contributed by atoms with Crippen molar-refractivity contribution in [3.8, 4) is 6.01 Å². The van der Waals surface area contributed by atoms with Gasteiger partial charge >= 0.3 is 18.4 Å². The lowest BCUT2D eigenvalue weighted by atomic mass is 9.89. The lowest BCUT2D eigenvalue weighted by Crippen LogP contribution is -2.61. The van der Waals surface area contributed by atoms with Crippen LogP contribution in [0.25, 0.3) is 0 Å². The van der Waals surface area contributed by atoms with Crippen molar-refractivity contribution in [2.24, 2.45) is 0 Å². The summed E-state index contributed by atoms with van der Waals surface area (Å²) < 4.78 is 111. The van der Waals surface area contributed by atoms with Gasteiger partial charge in [0.1, 0.15) is 22.2 Å². The number of rotatable bonds is 15. The Morgan fingerprint density at radius 2 is 1.01 bits per heavy atom. The van der Waals surface area contributed by atoms with Crippen LogP contribution in [0.3, 0.4) is 0 Å². The quantitative estimate of drug-likeness (QED) is 0.0433. The number of ether oxygens (including phenoxy) is 2. The zero-order chi connectivity index (χ0) is 53.9. The summed E-state index contributed by atoms with van der Waals surface area (Å²) >= 11 is 5.72. The molecular weight excluding hydrogens is 1020 g/mol. The molecule has 0 bridgehead atoms. The van der Waals surface area contributed by atoms with Gasteiger partial charge in [0.25, 0.3) is 17.7 Å². The van der Waals surface area contributed by atoms with E-state index in [9.17, 15) is 49.5 Å². The van der Waals surface area contributed by atoms with E-state index < -0.39 is 53.8 Å². The van der Waals surface area contributed by atoms with Crippen LogP contribution in [0, 0.1) is 0 Å². The predicted molar refractivity (Wildman–Crippen MR) is 260 cm³/mol. The first-order valence-electron chi connectivity index (χ1n) is 22.9. The number of halogens is 9. The van der Waals surface area contributed by atoms with E-state index in [1.54, 1.807) is 67.8 Å². The lowest BCUT2D eigenvalue weighted by Gasteiger charge is -2.41. The van der Waals surface area contributed by atoms with Gasteiger partial charge < -0.3 is 41.4 Å². The third-order valence-corrected chi connectivity index (χ3v) is 11.9. The fourth-order valence-electron chi connectivity index (χ4n) is 7.37. The number of hydrogen-bond acceptors (Lipinski definition) is 13. The summed E-state index contributed by atoms with van der Waals surface area (Å²) in [5.41, 5.74) is 1.00. The van der Waals surface area contributed by atoms with Crippen LogP contribution in [0.5, 0.6) is 6.01 Å². The highest BCUT2D eigenvalue weighted by Gasteiger charge is 2.39. The molecule has 3 fully saturated rings. The number of hydrogen-bond donors (Lipinski definition) is 6. The van der Waals surface area contributed by atoms with Gasteiger partial charge in [-0.3, -0.25) is 14.4 Å². The lowest BCUT2D eigenvalue weighted by molar-refractivity contribution is -0.154. The van der Waals surface area contributed by atoms with E-state index in [1.807, 2.05) is 24.3 Å². The fraction of sp³-hybridized carbons (Fsp3) is 0.320. The molecule has 3 aliphatic heterocycles. The number of aromatic nitrogens is 5. The molecular formula is C50H48ClF8N11O5. The minimum Gasteiger partial charge on any atom is -0.454 e. The van der Waals surface area contributed by atoms with E-state index in [1.165, 1.54) is 11.8 Å². The Morgan fingerprint density at radius 3 is 1.39 bits per heavy atom. The van der Waals surface area contributed by atoms with Crippen molar-refractivity contribution < 1.29 is 59.0 Å². The number of alkyl halides is 8. The second-order valence-electron chi connectivity index (χ2n) is 17.8. The molecule has 396 valence electrons. The molecule has 3 aromatic carbocycles. The first-order valence-corrected chi connectivity index (χ1v) is 23.2. The minimum atomic E-state index is -4.61. The number of carbonyl (C=O) groups excluding carboxylic acids is 3. The largest absolute Gasteiger partial charge is 0.454 e. The topological polar surface area (TPSA) is 206 Å². The third-order valence-electron chi connectivity index (χ3n) is 11.7. The van der Waals surface area contributed by atoms with Crippen molar-refractivity contribution in [1.82, 2.24) is 40.9 Å². The molecule has 75 heavy (non-hydrogen) atoms. The van der Waals surface area contributed by atoms with Crippen molar-refractivity contribution in [1.29, 1.82) is 0 Å². The van der Waals surface area contributed by atoms with Gasteiger partial charge in [0, 0.05) is 101 Å². The number of anilines is 3. The molecule has 9 rings (SSSR count). The molecule has 3 aromatic heterocycles. The van der Waals surface area contributed by atoms with Crippen LogP contribution in [0.2, 0.25) is 5.15 Å². The molecule has 3 aliphatic rings. The summed E-state index contributed by atoms with van der Waals surface area (Å²) in [6.07, 6.45) is -2.82. The number of methoxy groups -OCH3 is 1. The van der Waals surface area contributed by atoms with Gasteiger partial charge in [0.05, 0.1) is 29.1 Å². The number of benzene rings is 3. The van der Waals surface area contributed by atoms with Crippen LogP contribution in [-0.2, 0) is 30.2 Å². The van der Waals surface area contributed by atoms with Crippen molar-refractivity contribution in [3.05, 3.63) is 160 Å². The standard InChI is InChI=1S/C17H18ClN3O2.C17H16F4N4O2.C16H14F4N4O/c1-23-17(10-19-11-17)8-12-2-5-14(6-3-12)21-16(22)13-4-7-15(18)20-9-13;18-16(8-22-9-16)5-11-1-3-13(4-2-11)25-14(26)12-6-23-15(24-7-12)27-10-17(19,20)21;17-15(8-21-9-15)5-10-1-3-11(4-2-10)24-14(25)12-6-23-13(7-22-12)16(18,19)20/h2-7,9,19H,8,10-11H2,1H3,(H,21,22);1-4,6-7,22H,5,8-10H2,(H,25,26);1-4,6-7,21H,5,8-9H2,(H,24,25). The summed E-state index contributed by atoms with van der Waals surface area (Å²) in [6, 6.07) is 23.9. The number of pyridine rings is 1. The van der Waals surface area contributed by atoms with E-state index in [0.29, 0.717) is 60.9 Å². The van der Waals surface area contributed by atoms with Gasteiger partial charge in [0.2, 0.25) is 0 Å². The maximum atomic E-state index is 14.1. The number of amides is 3. The number of nitrogens with zero attached hydrogens (tertiary/aromatic N) is 5. The maximum absolute atomic E-state index is 14.1. The van der Waals surface area contributed by atoms with Crippen molar-refractivity contribution in [2.75, 3.05) is 68.9 Å². The smallest absolute Gasteiger partial charge is 0.434 e. The molecule has 0 atom stereocenters. The first kappa shape index (κ1) is 55.5. The molecule has 6 heterocycles. The Kier molecular flexibility index (Phi) is 17.7. The fourth-order valence-corrected chi connectivity index (χ4v) is 7.48. The van der Waals surface area contributed by atoms with Gasteiger partial charge in [-0.05, 0) is 65.2 Å². The van der Waals surface area contributed by atoms with Crippen LogP contribution >= 0.6 is 11.6 Å². The summed E-state index contributed by atoms with van der Waals surface area (Å²) in [6.45, 7) is 1.51. The highest BCUT2D eigenvalue weighted by molar-refractivity contribution is 6.29. The highest BCUT2D eigenvalue weighted by atomic mass is 35.5. The molecule has 0 radical (unpaired) electrons. The van der Waals surface area contributed by atoms with Gasteiger partial charge in [0.15, 0.2) is 12.3 Å². The maximum Gasteiger partial charge on any atom is 0.434 e. The van der Waals surface area contributed by atoms with Gasteiger partial charge in [-0.15, -0.1) is 0 Å². The van der Waals surface area contributed by atoms with Crippen LogP contribution in [0.4, 0.5) is 52.2 Å². The Morgan fingerprint density at radius 1 is 0.560 bits per heavy atom. The summed E-state index contributed by atoms with van der Waals surface area (Å²) in [7, 11) is 1.75. The molecule has 3 amide bonds. The number of nitrogens with one attached hydrogen (secondary N) is 6. The number of carbonyl (C=O) groups is 3. The van der Waals surface area contributed by atoms with Crippen LogP contribution < -0.4 is 36.6 Å². The molecule has 0 unspecified atom stereocenters. The third kappa shape index (κ3) is 16.4. The second kappa shape index (κ2) is 24.0. The van der Waals surface area contributed by atoms with E-state index in [-0.39, 0.29) is 29.2 Å². The van der Waals surface area contributed by atoms with Crippen molar-refractivity contribution >= 4 is 46.4 Å². The average Bonchev–Trinajstić information content (AvgIpc) is 3.35. The van der Waals surface area contributed by atoms with E-state index >= 15 is 0 Å². The average molecular weight is 1070 g/mol. The Bertz CT molecular complexity index is 2850. The monoisotopic (exact) mass is 1070 g/mol. The van der Waals surface area contributed by atoms with Crippen molar-refractivity contribution in [2.45, 2.75) is 48.6 Å². The predicted octanol–water partition coefficient (Wildman–Crippen LogP) is 7.64. The second-order valence-corrected chi connectivity index (χ2v) is 18.2. The van der Waals surface area contributed by atoms with Crippen LogP contribution in [0.15, 0.2) is 116 Å². The summed E-state index contributed by atoms with van der Waals surface area (Å²) in [4.78, 5) is 53.9. The Balaban J connectivity index is 0.000000165. The van der Waals surface area contributed by atoms with Gasteiger partial charge in [-0.2, -0.15) is 26.3 Å². The molecule has 16 nitrogen and oxygen atoms in total. The molecule has 6 N–H and O–H groups in total. The van der Waals surface area contributed by atoms with Gasteiger partial charge in [-0.1, -0.05) is 48.0 Å². The summed E-state index contributed by atoms with van der Waals surface area (Å²) in [5.74, 6) is -1.42. The highest BCUT2D eigenvalue weighted by Crippen LogP contribution is 2.28. The molecule has 0 aliphatic carbocycles. The van der Waals surface area contributed by atoms with E-state index in [4.69, 9.17) is 16.3 Å². The van der Waals surface area contributed by atoms with Gasteiger partial charge in [-0.25, -0.2) is 33.7 Å². The Labute approximate surface area is 428 Å². The zero-order valence-electron chi connectivity index (χ0n) is 39.7. The zero-order valence-corrected chi connectivity index (χ0v) is 40.5. The van der Waals surface area contributed by atoms with E-state index in [2.05, 4.69) is 61.6 Å². The summed E-state index contributed by atoms with van der Waals surface area (Å²) in [5, 5.41) is 17.3. The molecule has 0 saturated carbocycles.